The van der Waals surface area contributed by atoms with Gasteiger partial charge in [0.2, 0.25) is 0 Å². The standard InChI is InChI=1S/C12H19N3O/c13-11-1-3-12(4-2-11)15-7-5-14(6-8-15)9-10-16/h1-4,16H,5-10,13H2/p+1. The quantitative estimate of drug-likeness (QED) is 0.573. The van der Waals surface area contributed by atoms with E-state index < -0.39 is 0 Å². The van der Waals surface area contributed by atoms with Gasteiger partial charge in [0.1, 0.15) is 6.54 Å². The molecule has 4 nitrogen and oxygen atoms in total. The first-order chi connectivity index (χ1) is 7.79. The Bertz CT molecular complexity index is 318. The second kappa shape index (κ2) is 5.18. The summed E-state index contributed by atoms with van der Waals surface area (Å²) in [6.45, 7) is 5.47. The van der Waals surface area contributed by atoms with Crippen molar-refractivity contribution in [1.29, 1.82) is 0 Å². The smallest absolute Gasteiger partial charge is 0.101 e. The van der Waals surface area contributed by atoms with Crippen molar-refractivity contribution in [2.75, 3.05) is 50.0 Å². The van der Waals surface area contributed by atoms with E-state index in [1.54, 1.807) is 0 Å². The summed E-state index contributed by atoms with van der Waals surface area (Å²) in [6.07, 6.45) is 0. The summed E-state index contributed by atoms with van der Waals surface area (Å²) >= 11 is 0. The molecule has 0 amide bonds. The van der Waals surface area contributed by atoms with Crippen molar-refractivity contribution < 1.29 is 10.0 Å². The molecule has 0 spiro atoms. The maximum atomic E-state index is 8.88. The lowest BCUT2D eigenvalue weighted by Crippen LogP contribution is -3.15. The van der Waals surface area contributed by atoms with Crippen LogP contribution in [0.2, 0.25) is 0 Å². The van der Waals surface area contributed by atoms with E-state index in [0.29, 0.717) is 0 Å². The molecule has 4 heteroatoms. The molecule has 0 bridgehead atoms. The SMILES string of the molecule is Nc1ccc(N2CC[NH+](CCO)CC2)cc1. The molecule has 0 aliphatic carbocycles. The Balaban J connectivity index is 1.91. The van der Waals surface area contributed by atoms with Crippen LogP contribution in [-0.4, -0.2) is 44.4 Å². The number of nitrogens with two attached hydrogens (primary N) is 1. The second-order valence-electron chi connectivity index (χ2n) is 4.30. The van der Waals surface area contributed by atoms with E-state index in [4.69, 9.17) is 10.8 Å². The summed E-state index contributed by atoms with van der Waals surface area (Å²) in [6, 6.07) is 8.04. The third-order valence-corrected chi connectivity index (χ3v) is 3.19. The monoisotopic (exact) mass is 222 g/mol. The molecule has 0 atom stereocenters. The predicted molar refractivity (Wildman–Crippen MR) is 65.7 cm³/mol. The van der Waals surface area contributed by atoms with E-state index in [9.17, 15) is 0 Å². The molecule has 1 aromatic carbocycles. The lowest BCUT2D eigenvalue weighted by molar-refractivity contribution is -0.900. The molecule has 1 saturated heterocycles. The molecule has 0 aromatic heterocycles. The summed E-state index contributed by atoms with van der Waals surface area (Å²) < 4.78 is 0. The first-order valence-corrected chi connectivity index (χ1v) is 5.84. The topological polar surface area (TPSA) is 53.9 Å². The average Bonchev–Trinajstić information content (AvgIpc) is 2.32. The van der Waals surface area contributed by atoms with Gasteiger partial charge in [-0.2, -0.15) is 0 Å². The Hall–Kier alpha value is -1.26. The molecule has 16 heavy (non-hydrogen) atoms. The van der Waals surface area contributed by atoms with E-state index in [1.807, 2.05) is 12.1 Å². The van der Waals surface area contributed by atoms with Crippen LogP contribution in [0.15, 0.2) is 24.3 Å². The number of piperazine rings is 1. The van der Waals surface area contributed by atoms with Gasteiger partial charge >= 0.3 is 0 Å². The molecule has 1 aliphatic heterocycles. The second-order valence-corrected chi connectivity index (χ2v) is 4.30. The molecule has 1 fully saturated rings. The van der Waals surface area contributed by atoms with E-state index in [1.165, 1.54) is 10.6 Å². The summed E-state index contributed by atoms with van der Waals surface area (Å²) in [4.78, 5) is 3.87. The highest BCUT2D eigenvalue weighted by Gasteiger charge is 2.19. The van der Waals surface area contributed by atoms with Crippen LogP contribution < -0.4 is 15.5 Å². The number of aliphatic hydroxyl groups is 1. The minimum absolute atomic E-state index is 0.289. The molecule has 2 rings (SSSR count). The molecule has 0 unspecified atom stereocenters. The van der Waals surface area contributed by atoms with Crippen LogP contribution in [-0.2, 0) is 0 Å². The lowest BCUT2D eigenvalue weighted by atomic mass is 10.2. The van der Waals surface area contributed by atoms with Crippen LogP contribution in [0.3, 0.4) is 0 Å². The number of aliphatic hydroxyl groups excluding tert-OH is 1. The van der Waals surface area contributed by atoms with Gasteiger partial charge < -0.3 is 20.6 Å². The minimum Gasteiger partial charge on any atom is -0.399 e. The molecular formula is C12H20N3O+. The number of anilines is 2. The molecule has 0 radical (unpaired) electrons. The van der Waals surface area contributed by atoms with Crippen molar-refractivity contribution in [3.63, 3.8) is 0 Å². The Labute approximate surface area is 96.3 Å². The first-order valence-electron chi connectivity index (χ1n) is 5.84. The van der Waals surface area contributed by atoms with Crippen LogP contribution in [0.4, 0.5) is 11.4 Å². The summed E-state index contributed by atoms with van der Waals surface area (Å²) in [5.41, 5.74) is 7.73. The normalized spacial score (nSPS) is 17.7. The number of nitrogens with one attached hydrogen (secondary N) is 1. The fraction of sp³-hybridized carbons (Fsp3) is 0.500. The van der Waals surface area contributed by atoms with Crippen LogP contribution in [0.1, 0.15) is 0 Å². The van der Waals surface area contributed by atoms with E-state index in [2.05, 4.69) is 17.0 Å². The predicted octanol–water partition coefficient (Wildman–Crippen LogP) is -1.03. The Morgan fingerprint density at radius 2 is 1.81 bits per heavy atom. The van der Waals surface area contributed by atoms with Gasteiger partial charge in [-0.3, -0.25) is 0 Å². The number of benzene rings is 1. The fourth-order valence-electron chi connectivity index (χ4n) is 2.17. The van der Waals surface area contributed by atoms with Crippen molar-refractivity contribution in [2.45, 2.75) is 0 Å². The van der Waals surface area contributed by atoms with E-state index in [0.717, 1.165) is 38.4 Å². The first kappa shape index (κ1) is 11.2. The number of hydrogen-bond donors (Lipinski definition) is 3. The summed E-state index contributed by atoms with van der Waals surface area (Å²) in [5, 5.41) is 8.88. The maximum absolute atomic E-state index is 8.88. The lowest BCUT2D eigenvalue weighted by Gasteiger charge is -2.33. The molecule has 4 N–H and O–H groups in total. The highest BCUT2D eigenvalue weighted by molar-refractivity contribution is 5.53. The van der Waals surface area contributed by atoms with Crippen molar-refractivity contribution in [3.8, 4) is 0 Å². The summed E-state index contributed by atoms with van der Waals surface area (Å²) in [5.74, 6) is 0. The number of quaternary nitrogens is 1. The van der Waals surface area contributed by atoms with Gasteiger partial charge in [-0.25, -0.2) is 0 Å². The zero-order chi connectivity index (χ0) is 11.4. The van der Waals surface area contributed by atoms with E-state index >= 15 is 0 Å². The zero-order valence-corrected chi connectivity index (χ0v) is 9.52. The van der Waals surface area contributed by atoms with Gasteiger partial charge in [0.25, 0.3) is 0 Å². The van der Waals surface area contributed by atoms with Crippen molar-refractivity contribution in [3.05, 3.63) is 24.3 Å². The van der Waals surface area contributed by atoms with Gasteiger partial charge in [0, 0.05) is 11.4 Å². The van der Waals surface area contributed by atoms with Crippen molar-refractivity contribution in [2.24, 2.45) is 0 Å². The van der Waals surface area contributed by atoms with Gasteiger partial charge in [-0.15, -0.1) is 0 Å². The molecule has 1 aromatic rings. The third kappa shape index (κ3) is 2.65. The van der Waals surface area contributed by atoms with Crippen LogP contribution in [0.25, 0.3) is 0 Å². The molecule has 88 valence electrons. The zero-order valence-electron chi connectivity index (χ0n) is 9.52. The molecule has 1 heterocycles. The van der Waals surface area contributed by atoms with E-state index in [-0.39, 0.29) is 6.61 Å². The highest BCUT2D eigenvalue weighted by atomic mass is 16.3. The van der Waals surface area contributed by atoms with Gasteiger partial charge in [-0.05, 0) is 24.3 Å². The van der Waals surface area contributed by atoms with Crippen LogP contribution in [0.5, 0.6) is 0 Å². The maximum Gasteiger partial charge on any atom is 0.101 e. The molecule has 1 aliphatic rings. The number of hydrogen-bond acceptors (Lipinski definition) is 3. The number of nitrogen functional groups attached to an aromatic ring is 1. The Kier molecular flexibility index (Phi) is 3.64. The van der Waals surface area contributed by atoms with Crippen molar-refractivity contribution >= 4 is 11.4 Å². The fourth-order valence-corrected chi connectivity index (χ4v) is 2.17. The largest absolute Gasteiger partial charge is 0.399 e. The Morgan fingerprint density at radius 1 is 1.19 bits per heavy atom. The van der Waals surface area contributed by atoms with Gasteiger partial charge in [0.15, 0.2) is 0 Å². The van der Waals surface area contributed by atoms with Crippen LogP contribution in [0, 0.1) is 0 Å². The third-order valence-electron chi connectivity index (χ3n) is 3.19. The van der Waals surface area contributed by atoms with Gasteiger partial charge in [-0.1, -0.05) is 0 Å². The number of rotatable bonds is 3. The molecular weight excluding hydrogens is 202 g/mol. The Morgan fingerprint density at radius 3 is 2.38 bits per heavy atom. The van der Waals surface area contributed by atoms with Gasteiger partial charge in [0.05, 0.1) is 32.8 Å². The summed E-state index contributed by atoms with van der Waals surface area (Å²) in [7, 11) is 0. The van der Waals surface area contributed by atoms with Crippen molar-refractivity contribution in [1.82, 2.24) is 0 Å². The highest BCUT2D eigenvalue weighted by Crippen LogP contribution is 2.15. The number of nitrogens with zero attached hydrogens (tertiary/aromatic N) is 1. The minimum atomic E-state index is 0.289. The van der Waals surface area contributed by atoms with Crippen LogP contribution >= 0.6 is 0 Å². The molecule has 0 saturated carbocycles. The average molecular weight is 222 g/mol.